The van der Waals surface area contributed by atoms with Crippen LogP contribution < -0.4 is 5.73 Å². The van der Waals surface area contributed by atoms with Crippen LogP contribution in [0.2, 0.25) is 0 Å². The minimum Gasteiger partial charge on any atom is -0.375 e. The number of rotatable bonds is 2. The third-order valence-corrected chi connectivity index (χ3v) is 2.16. The van der Waals surface area contributed by atoms with Gasteiger partial charge in [-0.1, -0.05) is 0 Å². The molecule has 0 aromatic rings. The zero-order valence-electron chi connectivity index (χ0n) is 5.31. The lowest BCUT2D eigenvalue weighted by atomic mass is 10.8. The number of thiocarbonyl (C=S) groups is 1. The van der Waals surface area contributed by atoms with E-state index in [-0.39, 0.29) is 11.7 Å². The van der Waals surface area contributed by atoms with Crippen molar-refractivity contribution in [2.45, 2.75) is 6.92 Å². The van der Waals surface area contributed by atoms with E-state index in [2.05, 4.69) is 12.2 Å². The van der Waals surface area contributed by atoms with Crippen LogP contribution in [0.4, 0.5) is 0 Å². The summed E-state index contributed by atoms with van der Waals surface area (Å²) >= 11 is 4.33. The van der Waals surface area contributed by atoms with Gasteiger partial charge in [0.1, 0.15) is 0 Å². The summed E-state index contributed by atoms with van der Waals surface area (Å²) < 4.78 is 29.5. The van der Waals surface area contributed by atoms with Crippen LogP contribution in [0.15, 0.2) is 0 Å². The minimum absolute atomic E-state index is 0.0359. The lowest BCUT2D eigenvalue weighted by Crippen LogP contribution is -2.39. The summed E-state index contributed by atoms with van der Waals surface area (Å²) in [7, 11) is -4.25. The van der Waals surface area contributed by atoms with Crippen molar-refractivity contribution in [2.24, 2.45) is 5.73 Å². The molecular weight excluding hydrogens is 176 g/mol. The van der Waals surface area contributed by atoms with E-state index < -0.39 is 10.3 Å². The zero-order chi connectivity index (χ0) is 8.36. The van der Waals surface area contributed by atoms with Crippen molar-refractivity contribution in [2.75, 3.05) is 6.54 Å². The van der Waals surface area contributed by atoms with Crippen molar-refractivity contribution < 1.29 is 13.0 Å². The number of nitrogens with two attached hydrogens (primary N) is 1. The molecule has 0 bridgehead atoms. The maximum Gasteiger partial charge on any atom is 0.361 e. The Morgan fingerprint density at radius 2 is 2.20 bits per heavy atom. The first kappa shape index (κ1) is 9.60. The number of nitrogens with zero attached hydrogens (tertiary/aromatic N) is 1. The van der Waals surface area contributed by atoms with Crippen LogP contribution in [0.5, 0.6) is 0 Å². The van der Waals surface area contributed by atoms with Gasteiger partial charge in [0.15, 0.2) is 5.11 Å². The van der Waals surface area contributed by atoms with E-state index in [9.17, 15) is 8.42 Å². The standard InChI is InChI=1S/C3H8N2O3S2/c1-2-5(3(4)9)10(6,7)8/h2H2,1H3,(H2,4,9)(H,6,7,8). The average Bonchev–Trinajstić information content (AvgIpc) is 1.60. The molecule has 0 aliphatic rings. The van der Waals surface area contributed by atoms with E-state index >= 15 is 0 Å². The third-order valence-electron chi connectivity index (χ3n) is 0.812. The van der Waals surface area contributed by atoms with E-state index in [4.69, 9.17) is 10.3 Å². The quantitative estimate of drug-likeness (QED) is 0.440. The van der Waals surface area contributed by atoms with Crippen LogP contribution >= 0.6 is 12.2 Å². The molecule has 0 aromatic carbocycles. The fraction of sp³-hybridized carbons (Fsp3) is 0.667. The Morgan fingerprint density at radius 3 is 2.20 bits per heavy atom. The van der Waals surface area contributed by atoms with Crippen molar-refractivity contribution in [3.05, 3.63) is 0 Å². The molecule has 10 heavy (non-hydrogen) atoms. The van der Waals surface area contributed by atoms with Gasteiger partial charge in [-0.2, -0.15) is 8.42 Å². The van der Waals surface area contributed by atoms with E-state index in [0.717, 1.165) is 0 Å². The summed E-state index contributed by atoms with van der Waals surface area (Å²) in [4.78, 5) is 0. The molecule has 0 aliphatic heterocycles. The van der Waals surface area contributed by atoms with Crippen molar-refractivity contribution in [1.29, 1.82) is 0 Å². The molecule has 0 saturated heterocycles. The lowest BCUT2D eigenvalue weighted by Gasteiger charge is -2.15. The summed E-state index contributed by atoms with van der Waals surface area (Å²) in [6.45, 7) is 1.54. The Kier molecular flexibility index (Phi) is 3.00. The molecule has 0 spiro atoms. The van der Waals surface area contributed by atoms with Gasteiger partial charge in [-0.05, 0) is 19.1 Å². The van der Waals surface area contributed by atoms with Gasteiger partial charge in [0.2, 0.25) is 0 Å². The molecule has 0 aromatic heterocycles. The third kappa shape index (κ3) is 2.46. The molecule has 5 nitrogen and oxygen atoms in total. The fourth-order valence-electron chi connectivity index (χ4n) is 0.433. The van der Waals surface area contributed by atoms with Gasteiger partial charge in [0.25, 0.3) is 0 Å². The van der Waals surface area contributed by atoms with Crippen LogP contribution in [-0.2, 0) is 10.3 Å². The highest BCUT2D eigenvalue weighted by Gasteiger charge is 2.16. The topological polar surface area (TPSA) is 83.6 Å². The molecule has 0 fully saturated rings. The Bertz CT molecular complexity index is 222. The maximum atomic E-state index is 10.3. The Morgan fingerprint density at radius 1 is 1.80 bits per heavy atom. The molecule has 60 valence electrons. The van der Waals surface area contributed by atoms with Crippen molar-refractivity contribution >= 4 is 27.6 Å². The first-order valence-corrected chi connectivity index (χ1v) is 4.24. The molecule has 3 N–H and O–H groups in total. The smallest absolute Gasteiger partial charge is 0.361 e. The van der Waals surface area contributed by atoms with Gasteiger partial charge in [0, 0.05) is 6.54 Å². The van der Waals surface area contributed by atoms with Crippen molar-refractivity contribution in [1.82, 2.24) is 4.31 Å². The van der Waals surface area contributed by atoms with Crippen LogP contribution in [0.3, 0.4) is 0 Å². The fourth-order valence-corrected chi connectivity index (χ4v) is 1.40. The zero-order valence-corrected chi connectivity index (χ0v) is 6.94. The summed E-state index contributed by atoms with van der Waals surface area (Å²) in [5, 5.41) is -0.356. The van der Waals surface area contributed by atoms with E-state index in [1.165, 1.54) is 6.92 Å². The highest BCUT2D eigenvalue weighted by Crippen LogP contribution is 1.94. The minimum atomic E-state index is -4.25. The van der Waals surface area contributed by atoms with E-state index in [1.54, 1.807) is 0 Å². The predicted octanol–water partition coefficient (Wildman–Crippen LogP) is -0.645. The van der Waals surface area contributed by atoms with Crippen molar-refractivity contribution in [3.8, 4) is 0 Å². The molecule has 0 rings (SSSR count). The number of hydrogen-bond acceptors (Lipinski definition) is 3. The first-order valence-electron chi connectivity index (χ1n) is 2.44. The monoisotopic (exact) mass is 184 g/mol. The summed E-state index contributed by atoms with van der Waals surface area (Å²) in [5.74, 6) is 0. The SMILES string of the molecule is CCN(C(N)=S)S(=O)(=O)O. The second kappa shape index (κ2) is 3.13. The largest absolute Gasteiger partial charge is 0.375 e. The lowest BCUT2D eigenvalue weighted by molar-refractivity contribution is 0.426. The van der Waals surface area contributed by atoms with Crippen LogP contribution in [0.1, 0.15) is 6.92 Å². The Balaban J connectivity index is 4.55. The van der Waals surface area contributed by atoms with Gasteiger partial charge in [-0.25, -0.2) is 4.31 Å². The predicted molar refractivity (Wildman–Crippen MR) is 40.7 cm³/mol. The Labute approximate surface area is 64.7 Å². The summed E-state index contributed by atoms with van der Waals surface area (Å²) in [6.07, 6.45) is 0. The van der Waals surface area contributed by atoms with Crippen LogP contribution in [-0.4, -0.2) is 28.9 Å². The molecule has 0 atom stereocenters. The maximum absolute atomic E-state index is 10.3. The van der Waals surface area contributed by atoms with Crippen LogP contribution in [0.25, 0.3) is 0 Å². The first-order chi connectivity index (χ1) is 4.39. The van der Waals surface area contributed by atoms with Gasteiger partial charge in [0.05, 0.1) is 0 Å². The molecule has 0 saturated carbocycles. The molecule has 0 amide bonds. The van der Waals surface area contributed by atoms with Gasteiger partial charge in [-0.3, -0.25) is 4.55 Å². The number of hydrogen-bond donors (Lipinski definition) is 2. The van der Waals surface area contributed by atoms with E-state index in [1.807, 2.05) is 0 Å². The van der Waals surface area contributed by atoms with Gasteiger partial charge >= 0.3 is 10.3 Å². The second-order valence-electron chi connectivity index (χ2n) is 1.48. The summed E-state index contributed by atoms with van der Waals surface area (Å²) in [5.41, 5.74) is 4.95. The molecule has 0 heterocycles. The van der Waals surface area contributed by atoms with Crippen LogP contribution in [0, 0.1) is 0 Å². The summed E-state index contributed by atoms with van der Waals surface area (Å²) in [6, 6.07) is 0. The highest BCUT2D eigenvalue weighted by molar-refractivity contribution is 7.87. The highest BCUT2D eigenvalue weighted by atomic mass is 32.2. The van der Waals surface area contributed by atoms with E-state index in [0.29, 0.717) is 4.31 Å². The van der Waals surface area contributed by atoms with Gasteiger partial charge in [-0.15, -0.1) is 0 Å². The van der Waals surface area contributed by atoms with Crippen molar-refractivity contribution in [3.63, 3.8) is 0 Å². The molecule has 7 heteroatoms. The molecular formula is C3H8N2O3S2. The average molecular weight is 184 g/mol. The normalized spacial score (nSPS) is 11.0. The van der Waals surface area contributed by atoms with Gasteiger partial charge < -0.3 is 5.73 Å². The second-order valence-corrected chi connectivity index (χ2v) is 3.24. The molecule has 0 radical (unpaired) electrons. The molecule has 0 unspecified atom stereocenters. The molecule has 0 aliphatic carbocycles. The Hall–Kier alpha value is -0.400.